The number of alkyl carbamates (subject to hydrolysis) is 1. The molecule has 0 aliphatic heterocycles. The van der Waals surface area contributed by atoms with Crippen molar-refractivity contribution in [2.45, 2.75) is 58.1 Å². The van der Waals surface area contributed by atoms with Gasteiger partial charge in [0.15, 0.2) is 0 Å². The Morgan fingerprint density at radius 3 is 2.60 bits per heavy atom. The maximum atomic E-state index is 11.4. The van der Waals surface area contributed by atoms with Gasteiger partial charge in [-0.2, -0.15) is 5.82 Å². The van der Waals surface area contributed by atoms with E-state index in [1.54, 1.807) is 21.6 Å². The third kappa shape index (κ3) is 18.1. The van der Waals surface area contributed by atoms with Crippen molar-refractivity contribution in [2.24, 2.45) is 0 Å². The van der Waals surface area contributed by atoms with Gasteiger partial charge in [0, 0.05) is 17.3 Å². The van der Waals surface area contributed by atoms with Crippen molar-refractivity contribution in [1.82, 2.24) is 10.6 Å². The summed E-state index contributed by atoms with van der Waals surface area (Å²) in [6.45, 7) is 14.7. The molecule has 0 fully saturated rings. The highest BCUT2D eigenvalue weighted by molar-refractivity contribution is 8.77. The van der Waals surface area contributed by atoms with Crippen molar-refractivity contribution in [1.29, 1.82) is 0 Å². The van der Waals surface area contributed by atoms with Crippen molar-refractivity contribution >= 4 is 35.0 Å². The van der Waals surface area contributed by atoms with E-state index in [0.717, 1.165) is 6.54 Å². The fourth-order valence-electron chi connectivity index (χ4n) is 1.39. The van der Waals surface area contributed by atoms with E-state index in [1.807, 2.05) is 7.28 Å². The summed E-state index contributed by atoms with van der Waals surface area (Å²) in [5.74, 6) is 6.70. The molecule has 0 bridgehead atoms. The molecule has 2 N–H and O–H groups in total. The van der Waals surface area contributed by atoms with Crippen LogP contribution in [0.5, 0.6) is 0 Å². The van der Waals surface area contributed by atoms with Crippen LogP contribution in [0.3, 0.4) is 0 Å². The van der Waals surface area contributed by atoms with Crippen LogP contribution < -0.4 is 10.6 Å². The van der Waals surface area contributed by atoms with E-state index in [2.05, 4.69) is 63.9 Å². The molecule has 1 radical (unpaired) electrons. The zero-order chi connectivity index (χ0) is 19.1. The van der Waals surface area contributed by atoms with Gasteiger partial charge in [0.05, 0.1) is 13.2 Å². The van der Waals surface area contributed by atoms with Gasteiger partial charge >= 0.3 is 6.09 Å². The quantitative estimate of drug-likeness (QED) is 0.176. The molecule has 0 aliphatic carbocycles. The molecular weight excluding hydrogens is 355 g/mol. The summed E-state index contributed by atoms with van der Waals surface area (Å²) < 4.78 is 10.6. The van der Waals surface area contributed by atoms with Gasteiger partial charge < -0.3 is 20.1 Å². The summed E-state index contributed by atoms with van der Waals surface area (Å²) in [6, 6.07) is 0.490. The Morgan fingerprint density at radius 2 is 1.96 bits per heavy atom. The Bertz CT molecular complexity index is 424. The third-order valence-corrected chi connectivity index (χ3v) is 5.62. The summed E-state index contributed by atoms with van der Waals surface area (Å²) in [4.78, 5) is 11.4. The van der Waals surface area contributed by atoms with Crippen LogP contribution in [-0.2, 0) is 9.47 Å². The predicted molar refractivity (Wildman–Crippen MR) is 111 cm³/mol. The van der Waals surface area contributed by atoms with Crippen molar-refractivity contribution in [2.75, 3.05) is 32.2 Å². The van der Waals surface area contributed by atoms with Crippen molar-refractivity contribution in [3.8, 4) is 11.7 Å². The van der Waals surface area contributed by atoms with E-state index in [9.17, 15) is 4.79 Å². The van der Waals surface area contributed by atoms with Crippen LogP contribution in [0.4, 0.5) is 4.79 Å². The van der Waals surface area contributed by atoms with Crippen molar-refractivity contribution in [3.63, 3.8) is 0 Å². The Hall–Kier alpha value is -0.485. The molecule has 25 heavy (non-hydrogen) atoms. The number of ether oxygens (including phenoxy) is 2. The lowest BCUT2D eigenvalue weighted by Gasteiger charge is -2.24. The van der Waals surface area contributed by atoms with Crippen LogP contribution in [0.2, 0.25) is 5.82 Å². The first-order valence-electron chi connectivity index (χ1n) is 8.57. The minimum Gasteiger partial charge on any atom is -0.447 e. The number of carbonyl (C=O) groups excluding carboxylic acids is 1. The van der Waals surface area contributed by atoms with Gasteiger partial charge in [-0.25, -0.2) is 4.79 Å². The molecule has 0 rings (SSSR count). The lowest BCUT2D eigenvalue weighted by molar-refractivity contribution is 0.0941. The average Bonchev–Trinajstić information content (AvgIpc) is 2.51. The highest BCUT2D eigenvalue weighted by Crippen LogP contribution is 2.35. The first-order chi connectivity index (χ1) is 11.7. The Morgan fingerprint density at radius 1 is 1.24 bits per heavy atom. The highest BCUT2D eigenvalue weighted by Gasteiger charge is 2.18. The molecule has 0 aromatic carbocycles. The fraction of sp³-hybridized carbons (Fsp3) is 0.824. The monoisotopic (exact) mass is 387 g/mol. The second-order valence-electron chi connectivity index (χ2n) is 6.74. The Kier molecular flexibility index (Phi) is 14.4. The predicted octanol–water partition coefficient (Wildman–Crippen LogP) is 3.34. The molecule has 0 aliphatic rings. The van der Waals surface area contributed by atoms with Gasteiger partial charge in [-0.3, -0.25) is 0 Å². The molecular formula is C17H32BN2O3S2. The van der Waals surface area contributed by atoms with E-state index in [1.165, 1.54) is 0 Å². The molecule has 143 valence electrons. The van der Waals surface area contributed by atoms with Gasteiger partial charge in [0.25, 0.3) is 0 Å². The second kappa shape index (κ2) is 14.7. The molecule has 0 aromatic heterocycles. The summed E-state index contributed by atoms with van der Waals surface area (Å²) in [6.07, 6.45) is -0.467. The lowest BCUT2D eigenvalue weighted by atomic mass is 9.67. The number of hydrogen-bond donors (Lipinski definition) is 2. The summed E-state index contributed by atoms with van der Waals surface area (Å²) in [5.41, 5.74) is 0. The van der Waals surface area contributed by atoms with E-state index >= 15 is 0 Å². The van der Waals surface area contributed by atoms with Crippen LogP contribution in [-0.4, -0.2) is 56.4 Å². The fourth-order valence-corrected chi connectivity index (χ4v) is 3.57. The standard InChI is InChI=1S/C17H32BN2O3S2/c1-14(2)18-8-7-9-19-16(21)23-11-10-22-13-24-25-17(5,6)12-20-15(3)4/h14-15,20H,9-13H2,1-6H3,(H,19,21). The highest BCUT2D eigenvalue weighted by atomic mass is 33.1. The van der Waals surface area contributed by atoms with Crippen molar-refractivity contribution < 1.29 is 14.3 Å². The molecule has 0 unspecified atom stereocenters. The lowest BCUT2D eigenvalue weighted by Crippen LogP contribution is -2.35. The van der Waals surface area contributed by atoms with Gasteiger partial charge in [0.1, 0.15) is 12.5 Å². The maximum absolute atomic E-state index is 11.4. The minimum absolute atomic E-state index is 0.142. The van der Waals surface area contributed by atoms with Crippen LogP contribution in [0.25, 0.3) is 0 Å². The number of nitrogens with one attached hydrogen (secondary N) is 2. The second-order valence-corrected chi connectivity index (χ2v) is 9.69. The summed E-state index contributed by atoms with van der Waals surface area (Å²) in [7, 11) is 5.35. The van der Waals surface area contributed by atoms with Gasteiger partial charge in [-0.15, -0.1) is 0 Å². The number of rotatable bonds is 12. The number of hydrogen-bond acceptors (Lipinski definition) is 6. The van der Waals surface area contributed by atoms with E-state index in [-0.39, 0.29) is 17.9 Å². The van der Waals surface area contributed by atoms with Crippen LogP contribution in [0.1, 0.15) is 41.5 Å². The van der Waals surface area contributed by atoms with Gasteiger partial charge in [-0.1, -0.05) is 61.0 Å². The van der Waals surface area contributed by atoms with E-state index < -0.39 is 6.09 Å². The number of carbonyl (C=O) groups is 1. The Labute approximate surface area is 162 Å². The van der Waals surface area contributed by atoms with E-state index in [4.69, 9.17) is 9.47 Å². The van der Waals surface area contributed by atoms with Crippen LogP contribution >= 0.6 is 21.6 Å². The van der Waals surface area contributed by atoms with Gasteiger partial charge in [0.2, 0.25) is 7.28 Å². The third-order valence-electron chi connectivity index (χ3n) is 2.65. The Balaban J connectivity index is 3.53. The largest absolute Gasteiger partial charge is 0.447 e. The zero-order valence-electron chi connectivity index (χ0n) is 16.3. The first-order valence-corrected chi connectivity index (χ1v) is 10.9. The van der Waals surface area contributed by atoms with Crippen molar-refractivity contribution in [3.05, 3.63) is 0 Å². The normalized spacial score (nSPS) is 11.2. The average molecular weight is 387 g/mol. The molecule has 5 nitrogen and oxygen atoms in total. The SMILES string of the molecule is CC(C)[B]C#CCNC(=O)OCCOCSSC(C)(C)CNC(C)C. The zero-order valence-corrected chi connectivity index (χ0v) is 17.9. The summed E-state index contributed by atoms with van der Waals surface area (Å²) in [5, 5.41) is 6.01. The van der Waals surface area contributed by atoms with Crippen LogP contribution in [0, 0.1) is 11.7 Å². The first kappa shape index (κ1) is 24.5. The van der Waals surface area contributed by atoms with Gasteiger partial charge in [-0.05, 0) is 13.8 Å². The minimum atomic E-state index is -0.467. The molecule has 0 heterocycles. The molecule has 1 amide bonds. The summed E-state index contributed by atoms with van der Waals surface area (Å²) >= 11 is 0. The molecule has 0 saturated heterocycles. The van der Waals surface area contributed by atoms with Crippen LogP contribution in [0.15, 0.2) is 0 Å². The topological polar surface area (TPSA) is 59.6 Å². The molecule has 0 spiro atoms. The number of amides is 1. The molecule has 0 aromatic rings. The molecule has 0 saturated carbocycles. The smallest absolute Gasteiger partial charge is 0.407 e. The molecule has 0 atom stereocenters. The molecule has 8 heteroatoms. The maximum Gasteiger partial charge on any atom is 0.407 e. The van der Waals surface area contributed by atoms with E-state index in [0.29, 0.717) is 24.4 Å².